The molecule has 0 saturated carbocycles. The lowest BCUT2D eigenvalue weighted by Gasteiger charge is -2.18. The van der Waals surface area contributed by atoms with Crippen molar-refractivity contribution < 1.29 is 23.1 Å². The van der Waals surface area contributed by atoms with Gasteiger partial charge >= 0.3 is 6.18 Å². The number of carbonyl (C=O) groups excluding carboxylic acids is 1. The monoisotopic (exact) mass is 349 g/mol. The number of imidazole rings is 1. The van der Waals surface area contributed by atoms with Crippen LogP contribution in [0.25, 0.3) is 11.0 Å². The number of nitrogens with one attached hydrogen (secondary N) is 2. The van der Waals surface area contributed by atoms with Gasteiger partial charge in [0.1, 0.15) is 0 Å². The van der Waals surface area contributed by atoms with E-state index in [1.165, 1.54) is 24.5 Å². The molecule has 0 bridgehead atoms. The number of aliphatic hydroxyl groups is 1. The van der Waals surface area contributed by atoms with Crippen LogP contribution in [0.5, 0.6) is 0 Å². The van der Waals surface area contributed by atoms with Crippen molar-refractivity contribution in [1.29, 1.82) is 0 Å². The second-order valence-electron chi connectivity index (χ2n) is 5.45. The quantitative estimate of drug-likeness (QED) is 0.677. The van der Waals surface area contributed by atoms with Gasteiger partial charge in [0.05, 0.1) is 29.0 Å². The summed E-state index contributed by atoms with van der Waals surface area (Å²) in [5, 5.41) is 12.5. The molecule has 3 N–H and O–H groups in total. The summed E-state index contributed by atoms with van der Waals surface area (Å²) in [7, 11) is 0. The van der Waals surface area contributed by atoms with Gasteiger partial charge in [-0.25, -0.2) is 4.98 Å². The molecule has 5 nitrogen and oxygen atoms in total. The number of benzene rings is 2. The van der Waals surface area contributed by atoms with Crippen molar-refractivity contribution in [1.82, 2.24) is 15.3 Å². The highest BCUT2D eigenvalue weighted by Crippen LogP contribution is 2.34. The van der Waals surface area contributed by atoms with Crippen molar-refractivity contribution in [2.45, 2.75) is 12.3 Å². The van der Waals surface area contributed by atoms with Crippen LogP contribution in [0.1, 0.15) is 27.6 Å². The third-order valence-electron chi connectivity index (χ3n) is 3.76. The molecule has 0 saturated heterocycles. The number of H-pyrrole nitrogens is 1. The van der Waals surface area contributed by atoms with Gasteiger partial charge in [-0.05, 0) is 29.8 Å². The zero-order valence-electron chi connectivity index (χ0n) is 12.8. The molecule has 1 aromatic heterocycles. The van der Waals surface area contributed by atoms with Gasteiger partial charge in [-0.3, -0.25) is 4.79 Å². The molecule has 25 heavy (non-hydrogen) atoms. The Balaban J connectivity index is 1.72. The molecule has 0 aliphatic rings. The number of hydrogen-bond acceptors (Lipinski definition) is 3. The number of rotatable bonds is 4. The van der Waals surface area contributed by atoms with Gasteiger partial charge in [0, 0.05) is 12.1 Å². The lowest BCUT2D eigenvalue weighted by molar-refractivity contribution is -0.139. The van der Waals surface area contributed by atoms with Crippen molar-refractivity contribution in [3.8, 4) is 0 Å². The second kappa shape index (κ2) is 6.56. The van der Waals surface area contributed by atoms with Gasteiger partial charge in [0.2, 0.25) is 0 Å². The molecule has 2 aromatic carbocycles. The van der Waals surface area contributed by atoms with Gasteiger partial charge in [0.15, 0.2) is 0 Å². The summed E-state index contributed by atoms with van der Waals surface area (Å²) < 4.78 is 38.9. The Bertz CT molecular complexity index is 905. The molecule has 0 spiro atoms. The minimum absolute atomic E-state index is 0.278. The zero-order valence-corrected chi connectivity index (χ0v) is 12.8. The normalized spacial score (nSPS) is 13.0. The van der Waals surface area contributed by atoms with Gasteiger partial charge < -0.3 is 15.4 Å². The molecule has 1 amide bonds. The largest absolute Gasteiger partial charge is 0.416 e. The Kier molecular flexibility index (Phi) is 4.45. The number of aliphatic hydroxyl groups excluding tert-OH is 1. The van der Waals surface area contributed by atoms with E-state index in [0.29, 0.717) is 16.6 Å². The fourth-order valence-corrected chi connectivity index (χ4v) is 2.52. The molecule has 0 radical (unpaired) electrons. The van der Waals surface area contributed by atoms with E-state index in [2.05, 4.69) is 15.3 Å². The Hall–Kier alpha value is -2.87. The molecule has 8 heteroatoms. The lowest BCUT2D eigenvalue weighted by Crippen LogP contribution is -2.29. The molecule has 130 valence electrons. The van der Waals surface area contributed by atoms with Crippen molar-refractivity contribution >= 4 is 16.9 Å². The Morgan fingerprint density at radius 3 is 2.76 bits per heavy atom. The van der Waals surface area contributed by atoms with Gasteiger partial charge in [-0.15, -0.1) is 0 Å². The summed E-state index contributed by atoms with van der Waals surface area (Å²) in [5.41, 5.74) is 0.467. The Labute approximate surface area is 140 Å². The number of halogens is 3. The van der Waals surface area contributed by atoms with Gasteiger partial charge in [0.25, 0.3) is 5.91 Å². The summed E-state index contributed by atoms with van der Waals surface area (Å²) in [6, 6.07) is 9.51. The van der Waals surface area contributed by atoms with Crippen LogP contribution in [0.2, 0.25) is 0 Å². The average molecular weight is 349 g/mol. The number of amides is 1. The number of carbonyl (C=O) groups is 1. The molecule has 0 aliphatic carbocycles. The summed E-state index contributed by atoms with van der Waals surface area (Å²) >= 11 is 0. The number of hydrogen-bond donors (Lipinski definition) is 3. The maximum absolute atomic E-state index is 13.0. The van der Waals surface area contributed by atoms with E-state index in [4.69, 9.17) is 0 Å². The van der Waals surface area contributed by atoms with Crippen molar-refractivity contribution in [2.75, 3.05) is 6.54 Å². The van der Waals surface area contributed by atoms with Crippen molar-refractivity contribution in [2.24, 2.45) is 0 Å². The van der Waals surface area contributed by atoms with E-state index in [0.717, 1.165) is 6.07 Å². The van der Waals surface area contributed by atoms with Crippen LogP contribution in [0.3, 0.4) is 0 Å². The molecule has 1 heterocycles. The number of aromatic amines is 1. The first kappa shape index (κ1) is 17.0. The maximum Gasteiger partial charge on any atom is 0.416 e. The zero-order chi connectivity index (χ0) is 18.0. The predicted molar refractivity (Wildman–Crippen MR) is 84.8 cm³/mol. The molecular formula is C17H14F3N3O2. The van der Waals surface area contributed by atoms with Crippen LogP contribution >= 0.6 is 0 Å². The molecule has 0 aliphatic heterocycles. The molecule has 3 aromatic rings. The number of fused-ring (bicyclic) bond motifs is 1. The molecule has 1 unspecified atom stereocenters. The van der Waals surface area contributed by atoms with Crippen molar-refractivity contribution in [3.63, 3.8) is 0 Å². The third kappa shape index (κ3) is 3.63. The van der Waals surface area contributed by atoms with Gasteiger partial charge in [-0.1, -0.05) is 18.2 Å². The van der Waals surface area contributed by atoms with E-state index in [9.17, 15) is 23.1 Å². The molecule has 0 fully saturated rings. The van der Waals surface area contributed by atoms with E-state index < -0.39 is 23.8 Å². The SMILES string of the molecule is O=C(NCC(O)c1ccccc1C(F)(F)F)c1ccc2nc[nH]c2c1. The summed E-state index contributed by atoms with van der Waals surface area (Å²) in [4.78, 5) is 19.0. The van der Waals surface area contributed by atoms with Gasteiger partial charge in [-0.2, -0.15) is 13.2 Å². The fraction of sp³-hybridized carbons (Fsp3) is 0.176. The van der Waals surface area contributed by atoms with Crippen LogP contribution in [0.15, 0.2) is 48.8 Å². The summed E-state index contributed by atoms with van der Waals surface area (Å²) in [6.45, 7) is -0.340. The number of aromatic nitrogens is 2. The van der Waals surface area contributed by atoms with Crippen LogP contribution in [-0.2, 0) is 6.18 Å². The highest BCUT2D eigenvalue weighted by molar-refractivity contribution is 5.97. The first-order valence-corrected chi connectivity index (χ1v) is 7.42. The minimum Gasteiger partial charge on any atom is -0.387 e. The first-order chi connectivity index (χ1) is 11.9. The standard InChI is InChI=1S/C17H14F3N3O2/c18-17(19,20)12-4-2-1-3-11(12)15(24)8-21-16(25)10-5-6-13-14(7-10)23-9-22-13/h1-7,9,15,24H,8H2,(H,21,25)(H,22,23). The fourth-order valence-electron chi connectivity index (χ4n) is 2.52. The highest BCUT2D eigenvalue weighted by atomic mass is 19.4. The smallest absolute Gasteiger partial charge is 0.387 e. The topological polar surface area (TPSA) is 78.0 Å². The average Bonchev–Trinajstić information content (AvgIpc) is 3.06. The molecular weight excluding hydrogens is 335 g/mol. The van der Waals surface area contributed by atoms with Crippen LogP contribution in [0.4, 0.5) is 13.2 Å². The van der Waals surface area contributed by atoms with Crippen molar-refractivity contribution in [3.05, 3.63) is 65.5 Å². The van der Waals surface area contributed by atoms with Crippen LogP contribution in [-0.4, -0.2) is 27.5 Å². The summed E-state index contributed by atoms with van der Waals surface area (Å²) in [6.07, 6.45) is -4.56. The highest BCUT2D eigenvalue weighted by Gasteiger charge is 2.34. The second-order valence-corrected chi connectivity index (χ2v) is 5.45. The van der Waals surface area contributed by atoms with E-state index >= 15 is 0 Å². The first-order valence-electron chi connectivity index (χ1n) is 7.42. The van der Waals surface area contributed by atoms with E-state index in [1.54, 1.807) is 18.2 Å². The predicted octanol–water partition coefficient (Wildman–Crippen LogP) is 3.05. The van der Waals surface area contributed by atoms with E-state index in [1.807, 2.05) is 0 Å². The molecule has 3 rings (SSSR count). The Morgan fingerprint density at radius 2 is 2.00 bits per heavy atom. The lowest BCUT2D eigenvalue weighted by atomic mass is 10.0. The minimum atomic E-state index is -4.58. The van der Waals surface area contributed by atoms with E-state index in [-0.39, 0.29) is 12.1 Å². The third-order valence-corrected chi connectivity index (χ3v) is 3.76. The summed E-state index contributed by atoms with van der Waals surface area (Å²) in [5.74, 6) is -0.500. The maximum atomic E-state index is 13.0. The van der Waals surface area contributed by atoms with Crippen LogP contribution in [0, 0.1) is 0 Å². The number of nitrogens with zero attached hydrogens (tertiary/aromatic N) is 1. The Morgan fingerprint density at radius 1 is 1.24 bits per heavy atom. The van der Waals surface area contributed by atoms with Crippen LogP contribution < -0.4 is 5.32 Å². The number of alkyl halides is 3. The molecule has 1 atom stereocenters.